The van der Waals surface area contributed by atoms with E-state index in [0.717, 1.165) is 49.6 Å². The third-order valence-corrected chi connectivity index (χ3v) is 9.61. The summed E-state index contributed by atoms with van der Waals surface area (Å²) in [6, 6.07) is 19.0. The number of aromatic nitrogens is 4. The molecule has 5 aromatic rings. The molecule has 4 nitrogen and oxygen atoms in total. The van der Waals surface area contributed by atoms with Gasteiger partial charge in [-0.2, -0.15) is 0 Å². The molecule has 0 aliphatic heterocycles. The number of aryl methyl sites for hydroxylation is 2. The van der Waals surface area contributed by atoms with Gasteiger partial charge in [0.05, 0.1) is 5.39 Å². The Hall–Kier alpha value is -1.87. The Morgan fingerprint density at radius 1 is 0.848 bits per heavy atom. The molecule has 0 radical (unpaired) electrons. The fourth-order valence-corrected chi connectivity index (χ4v) is 7.71. The number of nitrogens with zero attached hydrogens (tertiary/aromatic N) is 4. The molecule has 0 atom stereocenters. The van der Waals surface area contributed by atoms with Gasteiger partial charge in [-0.05, 0) is 54.5 Å². The summed E-state index contributed by atoms with van der Waals surface area (Å²) in [7, 11) is 0. The highest BCUT2D eigenvalue weighted by Crippen LogP contribution is 2.40. The second kappa shape index (κ2) is 9.41. The highest BCUT2D eigenvalue weighted by Gasteiger charge is 2.23. The molecule has 33 heavy (non-hydrogen) atoms. The Balaban J connectivity index is 1.42. The van der Waals surface area contributed by atoms with Crippen LogP contribution in [0.15, 0.2) is 69.4 Å². The highest BCUT2D eigenvalue weighted by atomic mass is 79.9. The number of hydrogen-bond acceptors (Lipinski definition) is 6. The van der Waals surface area contributed by atoms with Crippen LogP contribution in [0.1, 0.15) is 34.4 Å². The minimum atomic E-state index is 0.844. The van der Waals surface area contributed by atoms with E-state index in [1.807, 2.05) is 11.3 Å². The number of thioether (sulfide) groups is 2. The molecule has 0 bridgehead atoms. The van der Waals surface area contributed by atoms with E-state index in [4.69, 9.17) is 10.1 Å². The second-order valence-electron chi connectivity index (χ2n) is 8.12. The third-order valence-electron chi connectivity index (χ3n) is 5.89. The maximum Gasteiger partial charge on any atom is 0.198 e. The van der Waals surface area contributed by atoms with E-state index in [9.17, 15) is 0 Å². The highest BCUT2D eigenvalue weighted by molar-refractivity contribution is 9.10. The Bertz CT molecular complexity index is 1430. The Morgan fingerprint density at radius 3 is 2.39 bits per heavy atom. The number of benzene rings is 2. The molecule has 1 aliphatic carbocycles. The summed E-state index contributed by atoms with van der Waals surface area (Å²) >= 11 is 8.86. The monoisotopic (exact) mass is 552 g/mol. The maximum absolute atomic E-state index is 5.17. The zero-order valence-corrected chi connectivity index (χ0v) is 21.9. The van der Waals surface area contributed by atoms with Crippen LogP contribution < -0.4 is 0 Å². The number of fused-ring (bicyclic) bond motifs is 5. The Labute approximate surface area is 213 Å². The largest absolute Gasteiger partial charge is 0.247 e. The lowest BCUT2D eigenvalue weighted by molar-refractivity contribution is 0.700. The Kier molecular flexibility index (Phi) is 6.17. The van der Waals surface area contributed by atoms with Crippen molar-refractivity contribution in [3.05, 3.63) is 80.6 Å². The first-order valence-corrected chi connectivity index (χ1v) is 14.6. The van der Waals surface area contributed by atoms with Gasteiger partial charge in [-0.15, -0.1) is 21.5 Å². The molecule has 2 aromatic carbocycles. The topological polar surface area (TPSA) is 43.1 Å². The molecule has 3 aromatic heterocycles. The van der Waals surface area contributed by atoms with Crippen LogP contribution in [0.2, 0.25) is 0 Å². The lowest BCUT2D eigenvalue weighted by Gasteiger charge is -2.11. The van der Waals surface area contributed by atoms with Gasteiger partial charge in [-0.1, -0.05) is 81.9 Å². The third kappa shape index (κ3) is 4.34. The van der Waals surface area contributed by atoms with Gasteiger partial charge in [-0.3, -0.25) is 0 Å². The van der Waals surface area contributed by atoms with Crippen LogP contribution in [0.4, 0.5) is 0 Å². The predicted molar refractivity (Wildman–Crippen MR) is 143 cm³/mol. The molecule has 3 heterocycles. The smallest absolute Gasteiger partial charge is 0.198 e. The van der Waals surface area contributed by atoms with Crippen LogP contribution in [-0.2, 0) is 24.3 Å². The van der Waals surface area contributed by atoms with E-state index >= 15 is 0 Å². The van der Waals surface area contributed by atoms with Crippen LogP contribution in [0.5, 0.6) is 0 Å². The van der Waals surface area contributed by atoms with Gasteiger partial charge in [0.1, 0.15) is 4.83 Å². The van der Waals surface area contributed by atoms with Crippen molar-refractivity contribution in [1.29, 1.82) is 0 Å². The first kappa shape index (κ1) is 21.6. The summed E-state index contributed by atoms with van der Waals surface area (Å²) in [5.74, 6) is 1.71. The minimum absolute atomic E-state index is 0.844. The maximum atomic E-state index is 5.17. The number of rotatable bonds is 6. The van der Waals surface area contributed by atoms with Gasteiger partial charge in [0.25, 0.3) is 0 Å². The fourth-order valence-electron chi connectivity index (χ4n) is 4.24. The molecule has 166 valence electrons. The zero-order chi connectivity index (χ0) is 22.2. The summed E-state index contributed by atoms with van der Waals surface area (Å²) < 4.78 is 3.29. The summed E-state index contributed by atoms with van der Waals surface area (Å²) in [5, 5.41) is 12.5. The van der Waals surface area contributed by atoms with E-state index in [1.54, 1.807) is 23.5 Å². The normalized spacial score (nSPS) is 13.6. The predicted octanol–water partition coefficient (Wildman–Crippen LogP) is 7.56. The molecule has 0 saturated heterocycles. The minimum Gasteiger partial charge on any atom is -0.247 e. The molecule has 0 saturated carbocycles. The average Bonchev–Trinajstić information content (AvgIpc) is 3.44. The van der Waals surface area contributed by atoms with Gasteiger partial charge in [0.2, 0.25) is 0 Å². The van der Waals surface area contributed by atoms with Crippen molar-refractivity contribution in [2.24, 2.45) is 0 Å². The summed E-state index contributed by atoms with van der Waals surface area (Å²) in [5.41, 5.74) is 4.98. The quantitative estimate of drug-likeness (QED) is 0.160. The van der Waals surface area contributed by atoms with Gasteiger partial charge < -0.3 is 0 Å². The van der Waals surface area contributed by atoms with Crippen LogP contribution in [-0.4, -0.2) is 19.6 Å². The molecular weight excluding hydrogens is 532 g/mol. The van der Waals surface area contributed by atoms with Crippen molar-refractivity contribution in [1.82, 2.24) is 19.6 Å². The van der Waals surface area contributed by atoms with E-state index in [-0.39, 0.29) is 0 Å². The van der Waals surface area contributed by atoms with E-state index in [2.05, 4.69) is 80.0 Å². The SMILES string of the molecule is Brc1ccc(CSc2nnc3c4c5c(sc4nc(SCc4ccccc4)n23)CCCC5)cc1. The van der Waals surface area contributed by atoms with Crippen LogP contribution in [0.25, 0.3) is 15.9 Å². The van der Waals surface area contributed by atoms with Gasteiger partial charge in [0, 0.05) is 20.9 Å². The summed E-state index contributed by atoms with van der Waals surface area (Å²) in [6.07, 6.45) is 4.80. The van der Waals surface area contributed by atoms with Crippen LogP contribution in [0, 0.1) is 0 Å². The molecule has 0 N–H and O–H groups in total. The fraction of sp³-hybridized carbons (Fsp3) is 0.240. The van der Waals surface area contributed by atoms with Crippen LogP contribution >= 0.6 is 50.8 Å². The second-order valence-corrected chi connectivity index (χ2v) is 12.0. The molecule has 0 unspecified atom stereocenters. The summed E-state index contributed by atoms with van der Waals surface area (Å²) in [4.78, 5) is 7.77. The van der Waals surface area contributed by atoms with Gasteiger partial charge in [-0.25, -0.2) is 9.38 Å². The van der Waals surface area contributed by atoms with Crippen molar-refractivity contribution in [3.8, 4) is 0 Å². The lowest BCUT2D eigenvalue weighted by atomic mass is 9.97. The Morgan fingerprint density at radius 2 is 1.58 bits per heavy atom. The van der Waals surface area contributed by atoms with Crippen molar-refractivity contribution < 1.29 is 0 Å². The molecule has 6 rings (SSSR count). The first-order chi connectivity index (χ1) is 16.3. The van der Waals surface area contributed by atoms with Crippen molar-refractivity contribution >= 4 is 66.7 Å². The molecule has 0 spiro atoms. The van der Waals surface area contributed by atoms with Crippen molar-refractivity contribution in [3.63, 3.8) is 0 Å². The summed E-state index contributed by atoms with van der Waals surface area (Å²) in [6.45, 7) is 0. The van der Waals surface area contributed by atoms with Crippen LogP contribution in [0.3, 0.4) is 0 Å². The van der Waals surface area contributed by atoms with Crippen molar-refractivity contribution in [2.75, 3.05) is 0 Å². The van der Waals surface area contributed by atoms with E-state index < -0.39 is 0 Å². The van der Waals surface area contributed by atoms with E-state index in [1.165, 1.54) is 39.8 Å². The molecule has 0 amide bonds. The van der Waals surface area contributed by atoms with Crippen molar-refractivity contribution in [2.45, 2.75) is 47.5 Å². The average molecular weight is 554 g/mol. The molecule has 0 fully saturated rings. The van der Waals surface area contributed by atoms with Gasteiger partial charge >= 0.3 is 0 Å². The molecular formula is C25H21BrN4S3. The number of halogens is 1. The van der Waals surface area contributed by atoms with E-state index in [0.29, 0.717) is 0 Å². The zero-order valence-electron chi connectivity index (χ0n) is 17.8. The molecule has 8 heteroatoms. The van der Waals surface area contributed by atoms with Gasteiger partial charge in [0.15, 0.2) is 16.0 Å². The first-order valence-electron chi connectivity index (χ1n) is 11.0. The standard InChI is InChI=1S/C25H21BrN4S3/c26-18-12-10-17(11-13-18)15-32-25-29-28-22-21-19-8-4-5-9-20(19)33-23(21)27-24(30(22)25)31-14-16-6-2-1-3-7-16/h1-3,6-7,10-13H,4-5,8-9,14-15H2. The lowest BCUT2D eigenvalue weighted by Crippen LogP contribution is -2.01. The number of hydrogen-bond donors (Lipinski definition) is 0. The molecule has 1 aliphatic rings. The number of thiophene rings is 1.